The van der Waals surface area contributed by atoms with E-state index in [9.17, 15) is 18.0 Å². The van der Waals surface area contributed by atoms with Crippen molar-refractivity contribution in [3.05, 3.63) is 52.1 Å². The number of benzene rings is 2. The maximum atomic E-state index is 13.5. The summed E-state index contributed by atoms with van der Waals surface area (Å²) >= 11 is 0.938. The lowest BCUT2D eigenvalue weighted by Gasteiger charge is -2.26. The highest BCUT2D eigenvalue weighted by molar-refractivity contribution is 7.92. The molecule has 2 aromatic heterocycles. The van der Waals surface area contributed by atoms with Crippen LogP contribution >= 0.6 is 11.3 Å². The number of ether oxygens (including phenoxy) is 1. The van der Waals surface area contributed by atoms with Gasteiger partial charge in [-0.05, 0) is 30.3 Å². The Bertz CT molecular complexity index is 1600. The summed E-state index contributed by atoms with van der Waals surface area (Å²) in [5, 5.41) is 0. The minimum Gasteiger partial charge on any atom is -0.378 e. The van der Waals surface area contributed by atoms with Gasteiger partial charge in [0.05, 0.1) is 45.9 Å². The van der Waals surface area contributed by atoms with Crippen LogP contribution in [0, 0.1) is 0 Å². The molecule has 0 N–H and O–H groups in total. The fraction of sp³-hybridized carbons (Fsp3) is 0.318. The Morgan fingerprint density at radius 3 is 2.65 bits per heavy atom. The van der Waals surface area contributed by atoms with Crippen LogP contribution in [-0.2, 0) is 32.6 Å². The largest absolute Gasteiger partial charge is 0.378 e. The highest BCUT2D eigenvalue weighted by atomic mass is 32.2. The molecule has 4 heterocycles. The van der Waals surface area contributed by atoms with E-state index in [0.717, 1.165) is 22.4 Å². The van der Waals surface area contributed by atoms with Crippen LogP contribution in [0.3, 0.4) is 0 Å². The molecule has 0 saturated carbocycles. The number of thiazole rings is 1. The number of aromatic nitrogens is 3. The van der Waals surface area contributed by atoms with Crippen molar-refractivity contribution in [1.82, 2.24) is 19.0 Å². The summed E-state index contributed by atoms with van der Waals surface area (Å²) in [5.41, 5.74) is 2.18. The molecular formula is C22H21N5O5S2. The molecule has 1 saturated heterocycles. The fourth-order valence-corrected chi connectivity index (χ4v) is 6.97. The first-order valence-corrected chi connectivity index (χ1v) is 13.2. The second-order valence-electron chi connectivity index (χ2n) is 8.21. The Morgan fingerprint density at radius 1 is 1.03 bits per heavy atom. The number of hydrogen-bond acceptors (Lipinski definition) is 7. The van der Waals surface area contributed by atoms with Gasteiger partial charge in [-0.25, -0.2) is 17.7 Å². The molecule has 1 amide bonds. The van der Waals surface area contributed by atoms with E-state index in [-0.39, 0.29) is 22.2 Å². The Balaban J connectivity index is 1.33. The summed E-state index contributed by atoms with van der Waals surface area (Å²) in [4.78, 5) is 31.3. The second kappa shape index (κ2) is 7.93. The number of sulfonamides is 1. The molecule has 0 spiro atoms. The topological polar surface area (TPSA) is 107 Å². The Morgan fingerprint density at radius 2 is 1.82 bits per heavy atom. The van der Waals surface area contributed by atoms with E-state index in [2.05, 4.69) is 4.98 Å². The Labute approximate surface area is 198 Å². The van der Waals surface area contributed by atoms with Crippen LogP contribution in [0.15, 0.2) is 52.2 Å². The van der Waals surface area contributed by atoms with Crippen LogP contribution < -0.4 is 9.18 Å². The molecule has 34 heavy (non-hydrogen) atoms. The van der Waals surface area contributed by atoms with Crippen LogP contribution in [-0.4, -0.2) is 66.2 Å². The molecule has 6 rings (SSSR count). The lowest BCUT2D eigenvalue weighted by molar-refractivity contribution is -0.135. The van der Waals surface area contributed by atoms with Crippen LogP contribution in [0.25, 0.3) is 21.3 Å². The molecule has 0 unspecified atom stereocenters. The number of imidazole rings is 1. The zero-order valence-corrected chi connectivity index (χ0v) is 19.7. The summed E-state index contributed by atoms with van der Waals surface area (Å²) in [6.07, 6.45) is 0. The summed E-state index contributed by atoms with van der Waals surface area (Å²) < 4.78 is 37.4. The van der Waals surface area contributed by atoms with E-state index >= 15 is 0 Å². The van der Waals surface area contributed by atoms with Gasteiger partial charge in [0.25, 0.3) is 10.0 Å². The minimum absolute atomic E-state index is 0.0823. The first kappa shape index (κ1) is 21.3. The van der Waals surface area contributed by atoms with Crippen molar-refractivity contribution in [2.45, 2.75) is 18.0 Å². The molecule has 10 nitrogen and oxygen atoms in total. The Kier molecular flexibility index (Phi) is 4.97. The van der Waals surface area contributed by atoms with Crippen molar-refractivity contribution < 1.29 is 17.9 Å². The molecule has 176 valence electrons. The maximum absolute atomic E-state index is 13.5. The lowest BCUT2D eigenvalue weighted by atomic mass is 10.3. The number of para-hydroxylation sites is 2. The van der Waals surface area contributed by atoms with Crippen molar-refractivity contribution >= 4 is 54.5 Å². The molecule has 0 atom stereocenters. The fourth-order valence-electron chi connectivity index (χ4n) is 4.52. The van der Waals surface area contributed by atoms with Crippen LogP contribution in [0.4, 0.5) is 5.95 Å². The number of hydrogen-bond donors (Lipinski definition) is 0. The first-order valence-electron chi connectivity index (χ1n) is 10.9. The molecule has 2 aliphatic heterocycles. The number of carbonyl (C=O) groups is 1. The van der Waals surface area contributed by atoms with Crippen molar-refractivity contribution in [2.24, 2.45) is 0 Å². The van der Waals surface area contributed by atoms with Crippen molar-refractivity contribution in [3.8, 4) is 0 Å². The summed E-state index contributed by atoms with van der Waals surface area (Å²) in [6, 6.07) is 12.2. The van der Waals surface area contributed by atoms with Crippen molar-refractivity contribution in [2.75, 3.05) is 37.2 Å². The minimum atomic E-state index is -3.88. The molecule has 4 aromatic rings. The third-order valence-electron chi connectivity index (χ3n) is 6.27. The Hall–Kier alpha value is -3.22. The van der Waals surface area contributed by atoms with Crippen molar-refractivity contribution in [1.29, 1.82) is 0 Å². The number of morpholine rings is 1. The number of fused-ring (bicyclic) bond motifs is 4. The molecule has 0 aliphatic carbocycles. The predicted molar refractivity (Wildman–Crippen MR) is 128 cm³/mol. The molecule has 0 radical (unpaired) electrons. The van der Waals surface area contributed by atoms with Gasteiger partial charge in [-0.1, -0.05) is 23.5 Å². The van der Waals surface area contributed by atoms with Gasteiger partial charge in [0.1, 0.15) is 6.54 Å². The molecule has 2 aliphatic rings. The summed E-state index contributed by atoms with van der Waals surface area (Å²) in [5.74, 6) is 0.237. The lowest BCUT2D eigenvalue weighted by Crippen LogP contribution is -2.43. The second-order valence-corrected chi connectivity index (χ2v) is 11.1. The maximum Gasteiger partial charge on any atom is 0.308 e. The summed E-state index contributed by atoms with van der Waals surface area (Å²) in [6.45, 7) is 2.69. The van der Waals surface area contributed by atoms with E-state index in [0.29, 0.717) is 55.6 Å². The normalized spacial score (nSPS) is 16.5. The van der Waals surface area contributed by atoms with Gasteiger partial charge in [0.15, 0.2) is 0 Å². The molecular weight excluding hydrogens is 478 g/mol. The van der Waals surface area contributed by atoms with Crippen LogP contribution in [0.1, 0.15) is 0 Å². The standard InChI is InChI=1S/C22H21N5O5S2/c28-20(24-9-11-32-12-10-24)14-26-18-6-5-15(13-19(18)33-22(26)29)34(30,31)27-8-7-25-17-4-2-1-3-16(17)23-21(25)27/h1-6,13H,7-12,14H2. The number of amides is 1. The van der Waals surface area contributed by atoms with E-state index in [1.54, 1.807) is 11.0 Å². The quantitative estimate of drug-likeness (QED) is 0.421. The van der Waals surface area contributed by atoms with Gasteiger partial charge in [-0.15, -0.1) is 0 Å². The highest BCUT2D eigenvalue weighted by Gasteiger charge is 2.34. The predicted octanol–water partition coefficient (Wildman–Crippen LogP) is 1.48. The van der Waals surface area contributed by atoms with E-state index in [4.69, 9.17) is 4.74 Å². The SMILES string of the molecule is O=C(Cn1c(=O)sc2cc(S(=O)(=O)N3CCn4c3nc3ccccc34)ccc21)N1CCOCC1. The number of carbonyl (C=O) groups excluding carboxylic acids is 1. The van der Waals surface area contributed by atoms with Gasteiger partial charge in [-0.2, -0.15) is 0 Å². The number of anilines is 1. The average Bonchev–Trinajstić information content (AvgIpc) is 3.51. The third kappa shape index (κ3) is 3.32. The first-order chi connectivity index (χ1) is 16.4. The van der Waals surface area contributed by atoms with Crippen LogP contribution in [0.2, 0.25) is 0 Å². The third-order valence-corrected chi connectivity index (χ3v) is 8.99. The number of rotatable bonds is 4. The van der Waals surface area contributed by atoms with Gasteiger partial charge in [-0.3, -0.25) is 14.2 Å². The summed E-state index contributed by atoms with van der Waals surface area (Å²) in [7, 11) is -3.88. The zero-order valence-electron chi connectivity index (χ0n) is 18.1. The van der Waals surface area contributed by atoms with Crippen LogP contribution in [0.5, 0.6) is 0 Å². The van der Waals surface area contributed by atoms with Gasteiger partial charge in [0.2, 0.25) is 11.9 Å². The average molecular weight is 500 g/mol. The van der Waals surface area contributed by atoms with Gasteiger partial charge in [0, 0.05) is 19.6 Å². The highest BCUT2D eigenvalue weighted by Crippen LogP contribution is 2.32. The van der Waals surface area contributed by atoms with E-state index < -0.39 is 10.0 Å². The zero-order chi connectivity index (χ0) is 23.4. The molecule has 2 aromatic carbocycles. The molecule has 1 fully saturated rings. The van der Waals surface area contributed by atoms with Crippen molar-refractivity contribution in [3.63, 3.8) is 0 Å². The molecule has 12 heteroatoms. The van der Waals surface area contributed by atoms with E-state index in [1.807, 2.05) is 28.8 Å². The van der Waals surface area contributed by atoms with Gasteiger partial charge < -0.3 is 14.2 Å². The smallest absolute Gasteiger partial charge is 0.308 e. The van der Waals surface area contributed by atoms with Gasteiger partial charge >= 0.3 is 4.87 Å². The monoisotopic (exact) mass is 499 g/mol. The number of nitrogens with zero attached hydrogens (tertiary/aromatic N) is 5. The van der Waals surface area contributed by atoms with E-state index in [1.165, 1.54) is 21.0 Å². The molecule has 0 bridgehead atoms.